The first-order chi connectivity index (χ1) is 3.46. The van der Waals surface area contributed by atoms with Crippen LogP contribution in [0.5, 0.6) is 0 Å². The van der Waals surface area contributed by atoms with Crippen molar-refractivity contribution in [3.05, 3.63) is 20.2 Å². The van der Waals surface area contributed by atoms with Gasteiger partial charge in [-0.25, -0.2) is 0 Å². The van der Waals surface area contributed by atoms with Crippen LogP contribution in [0.15, 0.2) is 0 Å². The Balaban J connectivity index is -0.00000000468. The summed E-state index contributed by atoms with van der Waals surface area (Å²) in [6.45, 7) is 0. The van der Waals surface area contributed by atoms with Gasteiger partial charge in [0.15, 0.2) is 0 Å². The summed E-state index contributed by atoms with van der Waals surface area (Å²) in [7, 11) is 0. The SMILES string of the molecule is O.O.O.O.O.O.O=[N+]([O-])O.O=[N+]([O-])O.[Ni]. The van der Waals surface area contributed by atoms with Gasteiger partial charge in [0.1, 0.15) is 0 Å². The zero-order chi connectivity index (χ0) is 7.15. The van der Waals surface area contributed by atoms with Crippen LogP contribution in [-0.4, -0.2) is 53.4 Å². The van der Waals surface area contributed by atoms with Gasteiger partial charge in [0.25, 0.3) is 10.2 Å². The summed E-state index contributed by atoms with van der Waals surface area (Å²) in [5, 5.41) is 27.3. The maximum atomic E-state index is 8.36. The van der Waals surface area contributed by atoms with Crippen molar-refractivity contribution in [2.75, 3.05) is 0 Å². The number of nitrogens with zero attached hydrogens (tertiary/aromatic N) is 2. The second kappa shape index (κ2) is 79.4. The monoisotopic (exact) mass is 292 g/mol. The van der Waals surface area contributed by atoms with Gasteiger partial charge < -0.3 is 43.3 Å². The first kappa shape index (κ1) is 101. The topological polar surface area (TPSA) is 316 Å². The third kappa shape index (κ3) is 792. The molecule has 0 amide bonds. The second-order valence-electron chi connectivity index (χ2n) is 0.476. The Bertz CT molecular complexity index is 71.6. The van der Waals surface area contributed by atoms with Crippen molar-refractivity contribution < 1.29 is 69.9 Å². The van der Waals surface area contributed by atoms with E-state index in [1.807, 2.05) is 0 Å². The van der Waals surface area contributed by atoms with E-state index in [1.54, 1.807) is 0 Å². The molecule has 0 fully saturated rings. The van der Waals surface area contributed by atoms with E-state index in [-0.39, 0.29) is 49.3 Å². The molecule has 0 saturated carbocycles. The normalized spacial score (nSPS) is 3.20. The van der Waals surface area contributed by atoms with Crippen LogP contribution in [0.1, 0.15) is 0 Å². The van der Waals surface area contributed by atoms with E-state index in [0.29, 0.717) is 0 Å². The molecule has 0 heterocycles. The van der Waals surface area contributed by atoms with E-state index in [9.17, 15) is 0 Å². The minimum atomic E-state index is -1.50. The van der Waals surface area contributed by atoms with E-state index in [0.717, 1.165) is 0 Å². The van der Waals surface area contributed by atoms with E-state index in [2.05, 4.69) is 0 Å². The van der Waals surface area contributed by atoms with Gasteiger partial charge in [-0.05, 0) is 0 Å². The molecule has 0 aromatic heterocycles. The quantitative estimate of drug-likeness (QED) is 0.248. The fraction of sp³-hybridized carbons (Fsp3) is 0. The Morgan fingerprint density at radius 1 is 0.667 bits per heavy atom. The third-order valence-corrected chi connectivity index (χ3v) is 0. The van der Waals surface area contributed by atoms with Gasteiger partial charge in [-0.2, -0.15) is 0 Å². The largest absolute Gasteiger partial charge is 0.412 e. The molecule has 0 atom stereocenters. The molecule has 0 rings (SSSR count). The van der Waals surface area contributed by atoms with Gasteiger partial charge in [-0.15, -0.1) is 20.2 Å². The summed E-state index contributed by atoms with van der Waals surface area (Å²) in [5.74, 6) is 0. The molecule has 0 bridgehead atoms. The Morgan fingerprint density at radius 2 is 0.667 bits per heavy atom. The van der Waals surface area contributed by atoms with Crippen molar-refractivity contribution in [1.82, 2.24) is 0 Å². The number of rotatable bonds is 0. The molecule has 0 radical (unpaired) electrons. The predicted molar refractivity (Wildman–Crippen MR) is 39.2 cm³/mol. The molecule has 0 aliphatic heterocycles. The van der Waals surface area contributed by atoms with Crippen LogP contribution in [0.25, 0.3) is 0 Å². The molecular weight excluding hydrogens is 279 g/mol. The first-order valence-electron chi connectivity index (χ1n) is 1.13. The van der Waals surface area contributed by atoms with Crippen LogP contribution in [0.2, 0.25) is 0 Å². The van der Waals surface area contributed by atoms with E-state index >= 15 is 0 Å². The number of hydrogen-bond donors (Lipinski definition) is 2. The zero-order valence-corrected chi connectivity index (χ0v) is 7.73. The molecule has 0 aliphatic rings. The predicted octanol–water partition coefficient (Wildman–Crippen LogP) is -5.65. The van der Waals surface area contributed by atoms with Gasteiger partial charge in [0, 0.05) is 16.5 Å². The first-order valence-corrected chi connectivity index (χ1v) is 1.13. The van der Waals surface area contributed by atoms with Crippen LogP contribution in [0.3, 0.4) is 0 Å². The minimum Gasteiger partial charge on any atom is -0.412 e. The Labute approximate surface area is 91.1 Å². The Kier molecular flexibility index (Phi) is 534. The van der Waals surface area contributed by atoms with Crippen LogP contribution in [-0.2, 0) is 16.5 Å². The average molecular weight is 293 g/mol. The Morgan fingerprint density at radius 3 is 0.667 bits per heavy atom. The van der Waals surface area contributed by atoms with E-state index < -0.39 is 10.2 Å². The van der Waals surface area contributed by atoms with Crippen molar-refractivity contribution >= 4 is 0 Å². The minimum absolute atomic E-state index is 0. The summed E-state index contributed by atoms with van der Waals surface area (Å²) in [4.78, 5) is 16.7. The molecule has 106 valence electrons. The fourth-order valence-electron chi connectivity index (χ4n) is 0. The summed E-state index contributed by atoms with van der Waals surface area (Å²) in [5.41, 5.74) is 0. The molecule has 15 heavy (non-hydrogen) atoms. The van der Waals surface area contributed by atoms with Gasteiger partial charge in [0.05, 0.1) is 0 Å². The van der Waals surface area contributed by atoms with Crippen LogP contribution < -0.4 is 0 Å². The molecule has 14 nitrogen and oxygen atoms in total. The fourth-order valence-corrected chi connectivity index (χ4v) is 0. The molecule has 0 aromatic rings. The molecule has 0 unspecified atom stereocenters. The standard InChI is InChI=1S/2HNO3.Ni.6H2O/c2*2-1(3)4;;;;;;;/h2*(H,2,3,4);;6*1H2. The van der Waals surface area contributed by atoms with Crippen LogP contribution >= 0.6 is 0 Å². The molecule has 15 heteroatoms. The van der Waals surface area contributed by atoms with Crippen molar-refractivity contribution in [1.29, 1.82) is 0 Å². The molecule has 0 saturated heterocycles. The average Bonchev–Trinajstić information content (AvgIpc) is 1.25. The summed E-state index contributed by atoms with van der Waals surface area (Å²) < 4.78 is 0. The van der Waals surface area contributed by atoms with Crippen LogP contribution in [0.4, 0.5) is 0 Å². The summed E-state index contributed by atoms with van der Waals surface area (Å²) in [6, 6.07) is 0. The smallest absolute Gasteiger partial charge is 0.291 e. The maximum Gasteiger partial charge on any atom is 0.291 e. The molecule has 14 N–H and O–H groups in total. The van der Waals surface area contributed by atoms with Crippen molar-refractivity contribution in [2.45, 2.75) is 0 Å². The van der Waals surface area contributed by atoms with Crippen LogP contribution in [0, 0.1) is 20.2 Å². The van der Waals surface area contributed by atoms with Gasteiger partial charge in [0.2, 0.25) is 0 Å². The van der Waals surface area contributed by atoms with Crippen molar-refractivity contribution in [3.8, 4) is 0 Å². The van der Waals surface area contributed by atoms with Crippen molar-refractivity contribution in [3.63, 3.8) is 0 Å². The molecule has 0 aromatic carbocycles. The molecule has 0 aliphatic carbocycles. The Hall–Kier alpha value is -1.35. The third-order valence-electron chi connectivity index (χ3n) is 0. The molecule has 0 spiro atoms. The van der Waals surface area contributed by atoms with E-state index in [4.69, 9.17) is 30.6 Å². The van der Waals surface area contributed by atoms with E-state index in [1.165, 1.54) is 0 Å². The zero-order valence-electron chi connectivity index (χ0n) is 6.74. The molecular formula is H14N2NiO12. The maximum absolute atomic E-state index is 8.36. The summed E-state index contributed by atoms with van der Waals surface area (Å²) in [6.07, 6.45) is 0. The van der Waals surface area contributed by atoms with Gasteiger partial charge in [-0.1, -0.05) is 0 Å². The number of hydrogen-bond acceptors (Lipinski definition) is 4. The second-order valence-corrected chi connectivity index (χ2v) is 0.476. The summed E-state index contributed by atoms with van der Waals surface area (Å²) >= 11 is 0. The van der Waals surface area contributed by atoms with Crippen molar-refractivity contribution in [2.24, 2.45) is 0 Å². The van der Waals surface area contributed by atoms with Gasteiger partial charge >= 0.3 is 0 Å². The van der Waals surface area contributed by atoms with Gasteiger partial charge in [-0.3, -0.25) is 0 Å².